The Morgan fingerprint density at radius 1 is 1.04 bits per heavy atom. The smallest absolute Gasteiger partial charge is 0.332 e. The van der Waals surface area contributed by atoms with Gasteiger partial charge in [-0.05, 0) is 31.5 Å². The van der Waals surface area contributed by atoms with Crippen LogP contribution in [-0.2, 0) is 20.6 Å². The first-order chi connectivity index (χ1) is 12.4. The highest BCUT2D eigenvalue weighted by Gasteiger charge is 2.21. The summed E-state index contributed by atoms with van der Waals surface area (Å²) >= 11 is 5.98. The summed E-state index contributed by atoms with van der Waals surface area (Å²) in [6.45, 7) is 6.02. The highest BCUT2D eigenvalue weighted by Crippen LogP contribution is 2.22. The van der Waals surface area contributed by atoms with Crippen LogP contribution in [0.4, 0.5) is 5.95 Å². The molecule has 0 saturated carbocycles. The first-order valence-electron chi connectivity index (χ1n) is 8.54. The Morgan fingerprint density at radius 3 is 2.23 bits per heavy atom. The number of halogens is 1. The molecule has 7 nitrogen and oxygen atoms in total. The topological polar surface area (TPSA) is 65.1 Å². The highest BCUT2D eigenvalue weighted by atomic mass is 35.5. The van der Waals surface area contributed by atoms with Crippen molar-refractivity contribution in [3.05, 3.63) is 55.7 Å². The van der Waals surface area contributed by atoms with Gasteiger partial charge in [-0.25, -0.2) is 4.79 Å². The normalized spacial score (nSPS) is 11.3. The van der Waals surface area contributed by atoms with E-state index in [0.29, 0.717) is 28.7 Å². The lowest BCUT2D eigenvalue weighted by molar-refractivity contribution is 0.701. The van der Waals surface area contributed by atoms with Gasteiger partial charge in [0.15, 0.2) is 11.2 Å². The van der Waals surface area contributed by atoms with Gasteiger partial charge < -0.3 is 4.90 Å². The third kappa shape index (κ3) is 2.92. The fraction of sp³-hybridized carbons (Fsp3) is 0.389. The van der Waals surface area contributed by atoms with Crippen LogP contribution in [0.3, 0.4) is 0 Å². The van der Waals surface area contributed by atoms with Crippen molar-refractivity contribution >= 4 is 28.7 Å². The minimum Gasteiger partial charge on any atom is -0.343 e. The fourth-order valence-electron chi connectivity index (χ4n) is 3.11. The Bertz CT molecular complexity index is 1060. The zero-order chi connectivity index (χ0) is 19.0. The molecule has 2 aromatic heterocycles. The molecule has 0 amide bonds. The van der Waals surface area contributed by atoms with Crippen LogP contribution in [0.25, 0.3) is 11.2 Å². The van der Waals surface area contributed by atoms with Crippen molar-refractivity contribution < 1.29 is 0 Å². The molecule has 138 valence electrons. The number of nitrogens with zero attached hydrogens (tertiary/aromatic N) is 5. The molecule has 1 aromatic carbocycles. The van der Waals surface area contributed by atoms with E-state index in [0.717, 1.165) is 23.2 Å². The molecule has 0 unspecified atom stereocenters. The van der Waals surface area contributed by atoms with Gasteiger partial charge in [0.1, 0.15) is 0 Å². The van der Waals surface area contributed by atoms with Crippen molar-refractivity contribution in [2.75, 3.05) is 18.0 Å². The average Bonchev–Trinajstić information content (AvgIpc) is 3.00. The fourth-order valence-corrected chi connectivity index (χ4v) is 3.23. The quantitative estimate of drug-likeness (QED) is 0.684. The Labute approximate surface area is 156 Å². The number of imidazole rings is 1. The van der Waals surface area contributed by atoms with Crippen LogP contribution in [0, 0.1) is 0 Å². The van der Waals surface area contributed by atoms with Crippen LogP contribution < -0.4 is 16.1 Å². The summed E-state index contributed by atoms with van der Waals surface area (Å²) in [6, 6.07) is 7.49. The standard InChI is InChI=1S/C18H22ClN5O2/c1-5-23(6-2)17-20-15-14(16(25)22(4)18(26)21(15)3)24(17)11-12-7-9-13(19)10-8-12/h7-10H,5-6,11H2,1-4H3. The van der Waals surface area contributed by atoms with Gasteiger partial charge in [0.25, 0.3) is 5.56 Å². The van der Waals surface area contributed by atoms with E-state index >= 15 is 0 Å². The molecule has 0 atom stereocenters. The number of fused-ring (bicyclic) bond motifs is 1. The highest BCUT2D eigenvalue weighted by molar-refractivity contribution is 6.30. The predicted molar refractivity (Wildman–Crippen MR) is 104 cm³/mol. The van der Waals surface area contributed by atoms with Crippen molar-refractivity contribution in [3.8, 4) is 0 Å². The van der Waals surface area contributed by atoms with E-state index in [9.17, 15) is 9.59 Å². The monoisotopic (exact) mass is 375 g/mol. The Morgan fingerprint density at radius 2 is 1.65 bits per heavy atom. The van der Waals surface area contributed by atoms with E-state index < -0.39 is 0 Å². The lowest BCUT2D eigenvalue weighted by Crippen LogP contribution is -2.37. The third-order valence-electron chi connectivity index (χ3n) is 4.63. The van der Waals surface area contributed by atoms with Crippen LogP contribution in [0.5, 0.6) is 0 Å². The molecule has 0 aliphatic carbocycles. The van der Waals surface area contributed by atoms with Crippen LogP contribution >= 0.6 is 11.6 Å². The molecular weight excluding hydrogens is 354 g/mol. The maximum absolute atomic E-state index is 12.8. The number of rotatable bonds is 5. The molecule has 0 saturated heterocycles. The molecule has 2 heterocycles. The summed E-state index contributed by atoms with van der Waals surface area (Å²) in [7, 11) is 3.12. The van der Waals surface area contributed by atoms with Crippen molar-refractivity contribution in [1.29, 1.82) is 0 Å². The summed E-state index contributed by atoms with van der Waals surface area (Å²) in [6.07, 6.45) is 0. The van der Waals surface area contributed by atoms with E-state index in [4.69, 9.17) is 11.6 Å². The number of anilines is 1. The molecule has 0 N–H and O–H groups in total. The molecule has 26 heavy (non-hydrogen) atoms. The second-order valence-electron chi connectivity index (χ2n) is 6.17. The van der Waals surface area contributed by atoms with E-state index in [1.165, 1.54) is 11.6 Å². The number of hydrogen-bond donors (Lipinski definition) is 0. The van der Waals surface area contributed by atoms with Gasteiger partial charge in [0, 0.05) is 32.2 Å². The molecule has 3 rings (SSSR count). The van der Waals surface area contributed by atoms with E-state index in [1.807, 2.05) is 42.7 Å². The minimum atomic E-state index is -0.385. The van der Waals surface area contributed by atoms with Gasteiger partial charge in [-0.15, -0.1) is 0 Å². The molecule has 0 aliphatic rings. The minimum absolute atomic E-state index is 0.344. The van der Waals surface area contributed by atoms with E-state index in [1.54, 1.807) is 7.05 Å². The van der Waals surface area contributed by atoms with Gasteiger partial charge in [-0.3, -0.25) is 18.5 Å². The van der Waals surface area contributed by atoms with E-state index in [-0.39, 0.29) is 11.2 Å². The number of aromatic nitrogens is 4. The number of aryl methyl sites for hydroxylation is 1. The van der Waals surface area contributed by atoms with Crippen molar-refractivity contribution in [2.24, 2.45) is 14.1 Å². The summed E-state index contributed by atoms with van der Waals surface area (Å²) in [5.74, 6) is 0.679. The number of hydrogen-bond acceptors (Lipinski definition) is 4. The first kappa shape index (κ1) is 18.3. The second kappa shape index (κ2) is 6.99. The van der Waals surface area contributed by atoms with Gasteiger partial charge >= 0.3 is 5.69 Å². The van der Waals surface area contributed by atoms with Gasteiger partial charge in [0.05, 0.1) is 6.54 Å². The summed E-state index contributed by atoms with van der Waals surface area (Å²) in [5.41, 5.74) is 1.09. The molecule has 0 spiro atoms. The molecule has 8 heteroatoms. The van der Waals surface area contributed by atoms with Gasteiger partial charge in [0.2, 0.25) is 5.95 Å². The average molecular weight is 376 g/mol. The SMILES string of the molecule is CCN(CC)c1nc2c(c(=O)n(C)c(=O)n2C)n1Cc1ccc(Cl)cc1. The van der Waals surface area contributed by atoms with Gasteiger partial charge in [-0.1, -0.05) is 23.7 Å². The van der Waals surface area contributed by atoms with Gasteiger partial charge in [-0.2, -0.15) is 4.98 Å². The molecule has 0 aliphatic heterocycles. The largest absolute Gasteiger partial charge is 0.343 e. The Kier molecular flexibility index (Phi) is 4.91. The Hall–Kier alpha value is -2.54. The first-order valence-corrected chi connectivity index (χ1v) is 8.92. The second-order valence-corrected chi connectivity index (χ2v) is 6.61. The van der Waals surface area contributed by atoms with Crippen molar-refractivity contribution in [2.45, 2.75) is 20.4 Å². The van der Waals surface area contributed by atoms with Crippen LogP contribution in [0.1, 0.15) is 19.4 Å². The summed E-state index contributed by atoms with van der Waals surface area (Å²) in [4.78, 5) is 31.8. The van der Waals surface area contributed by atoms with Crippen LogP contribution in [0.15, 0.2) is 33.9 Å². The van der Waals surface area contributed by atoms with Crippen molar-refractivity contribution in [1.82, 2.24) is 18.7 Å². The predicted octanol–water partition coefficient (Wildman–Crippen LogP) is 1.98. The third-order valence-corrected chi connectivity index (χ3v) is 4.88. The molecule has 0 fully saturated rings. The summed E-state index contributed by atoms with van der Waals surface area (Å²) in [5, 5.41) is 0.659. The molecule has 0 bridgehead atoms. The molecule has 0 radical (unpaired) electrons. The number of benzene rings is 1. The van der Waals surface area contributed by atoms with E-state index in [2.05, 4.69) is 9.88 Å². The van der Waals surface area contributed by atoms with Crippen LogP contribution in [0.2, 0.25) is 5.02 Å². The lowest BCUT2D eigenvalue weighted by atomic mass is 10.2. The summed E-state index contributed by atoms with van der Waals surface area (Å²) < 4.78 is 4.42. The molecular formula is C18H22ClN5O2. The Balaban J connectivity index is 2.33. The zero-order valence-corrected chi connectivity index (χ0v) is 16.1. The maximum Gasteiger partial charge on any atom is 0.332 e. The van der Waals surface area contributed by atoms with Crippen LogP contribution in [-0.4, -0.2) is 31.8 Å². The maximum atomic E-state index is 12.8. The lowest BCUT2D eigenvalue weighted by Gasteiger charge is -2.21. The van der Waals surface area contributed by atoms with Crippen molar-refractivity contribution in [3.63, 3.8) is 0 Å². The zero-order valence-electron chi connectivity index (χ0n) is 15.4. The molecule has 3 aromatic rings.